The third-order valence-electron chi connectivity index (χ3n) is 3.48. The van der Waals surface area contributed by atoms with Gasteiger partial charge in [0.25, 0.3) is 0 Å². The first-order valence-corrected chi connectivity index (χ1v) is 7.81. The first-order valence-electron chi connectivity index (χ1n) is 7.00. The van der Waals surface area contributed by atoms with Crippen LogP contribution in [-0.4, -0.2) is 48.3 Å². The molecule has 1 heterocycles. The summed E-state index contributed by atoms with van der Waals surface area (Å²) in [5.41, 5.74) is 1.96. The molecule has 1 aromatic heterocycles. The van der Waals surface area contributed by atoms with Gasteiger partial charge in [-0.2, -0.15) is 0 Å². The van der Waals surface area contributed by atoms with Gasteiger partial charge >= 0.3 is 0 Å². The van der Waals surface area contributed by atoms with E-state index in [4.69, 9.17) is 27.9 Å². The standard InChI is InChI=1S/C15H21Cl2N3O/c1-11(16)15-18-13-10-12(17)4-5-14(13)20(15)7-6-19(2)8-9-21-3/h4-5,10-11H,6-9H2,1-3H3. The van der Waals surface area contributed by atoms with E-state index < -0.39 is 0 Å². The molecule has 0 aliphatic carbocycles. The van der Waals surface area contributed by atoms with Gasteiger partial charge in [-0.15, -0.1) is 11.6 Å². The van der Waals surface area contributed by atoms with Gasteiger partial charge in [-0.05, 0) is 32.2 Å². The first-order chi connectivity index (χ1) is 10.0. The van der Waals surface area contributed by atoms with E-state index >= 15 is 0 Å². The molecule has 116 valence electrons. The fraction of sp³-hybridized carbons (Fsp3) is 0.533. The number of nitrogens with zero attached hydrogens (tertiary/aromatic N) is 3. The minimum Gasteiger partial charge on any atom is -0.383 e. The molecule has 1 atom stereocenters. The Hall–Kier alpha value is -0.810. The number of methoxy groups -OCH3 is 1. The monoisotopic (exact) mass is 329 g/mol. The quantitative estimate of drug-likeness (QED) is 0.727. The first kappa shape index (κ1) is 16.6. The molecule has 0 fully saturated rings. The molecule has 21 heavy (non-hydrogen) atoms. The second kappa shape index (κ2) is 7.45. The van der Waals surface area contributed by atoms with Crippen molar-refractivity contribution in [1.82, 2.24) is 14.5 Å². The van der Waals surface area contributed by atoms with Crippen molar-refractivity contribution in [3.63, 3.8) is 0 Å². The summed E-state index contributed by atoms with van der Waals surface area (Å²) in [4.78, 5) is 6.85. The van der Waals surface area contributed by atoms with Gasteiger partial charge in [0.05, 0.1) is 23.0 Å². The predicted molar refractivity (Wildman–Crippen MR) is 88.4 cm³/mol. The minimum atomic E-state index is -0.138. The number of ether oxygens (including phenoxy) is 1. The average Bonchev–Trinajstić information content (AvgIpc) is 2.80. The van der Waals surface area contributed by atoms with E-state index in [1.165, 1.54) is 0 Å². The fourth-order valence-electron chi connectivity index (χ4n) is 2.29. The molecular weight excluding hydrogens is 309 g/mol. The molecule has 0 N–H and O–H groups in total. The highest BCUT2D eigenvalue weighted by molar-refractivity contribution is 6.31. The average molecular weight is 330 g/mol. The molecule has 0 aliphatic heterocycles. The third kappa shape index (κ3) is 4.10. The molecule has 2 aromatic rings. The Labute approximate surface area is 135 Å². The Balaban J connectivity index is 2.22. The Bertz CT molecular complexity index is 598. The van der Waals surface area contributed by atoms with Crippen molar-refractivity contribution >= 4 is 34.2 Å². The largest absolute Gasteiger partial charge is 0.383 e. The molecule has 2 rings (SSSR count). The molecule has 6 heteroatoms. The van der Waals surface area contributed by atoms with E-state index in [0.29, 0.717) is 5.02 Å². The number of aromatic nitrogens is 2. The van der Waals surface area contributed by atoms with Gasteiger partial charge in [-0.3, -0.25) is 0 Å². The zero-order valence-electron chi connectivity index (χ0n) is 12.6. The van der Waals surface area contributed by atoms with E-state index in [1.807, 2.05) is 25.1 Å². The number of fused-ring (bicyclic) bond motifs is 1. The highest BCUT2D eigenvalue weighted by atomic mass is 35.5. The second-order valence-electron chi connectivity index (χ2n) is 5.17. The third-order valence-corrected chi connectivity index (χ3v) is 3.91. The lowest BCUT2D eigenvalue weighted by molar-refractivity contribution is 0.159. The van der Waals surface area contributed by atoms with Crippen LogP contribution in [0.15, 0.2) is 18.2 Å². The highest BCUT2D eigenvalue weighted by Gasteiger charge is 2.15. The van der Waals surface area contributed by atoms with Crippen molar-refractivity contribution in [1.29, 1.82) is 0 Å². The van der Waals surface area contributed by atoms with Gasteiger partial charge in [0, 0.05) is 31.8 Å². The summed E-state index contributed by atoms with van der Waals surface area (Å²) in [6, 6.07) is 5.77. The fourth-order valence-corrected chi connectivity index (χ4v) is 2.62. The normalized spacial score (nSPS) is 13.2. The molecule has 4 nitrogen and oxygen atoms in total. The van der Waals surface area contributed by atoms with Crippen molar-refractivity contribution in [2.75, 3.05) is 33.9 Å². The van der Waals surface area contributed by atoms with Crippen molar-refractivity contribution in [3.05, 3.63) is 29.0 Å². The van der Waals surface area contributed by atoms with Crippen LogP contribution in [0.5, 0.6) is 0 Å². The van der Waals surface area contributed by atoms with Crippen LogP contribution >= 0.6 is 23.2 Å². The molecule has 0 saturated carbocycles. The number of hydrogen-bond donors (Lipinski definition) is 0. The van der Waals surface area contributed by atoms with E-state index in [1.54, 1.807) is 7.11 Å². The van der Waals surface area contributed by atoms with Crippen LogP contribution in [0.4, 0.5) is 0 Å². The Morgan fingerprint density at radius 3 is 2.81 bits per heavy atom. The summed E-state index contributed by atoms with van der Waals surface area (Å²) in [7, 11) is 3.80. The van der Waals surface area contributed by atoms with Crippen LogP contribution in [0.2, 0.25) is 5.02 Å². The van der Waals surface area contributed by atoms with E-state index in [9.17, 15) is 0 Å². The Morgan fingerprint density at radius 2 is 2.14 bits per heavy atom. The van der Waals surface area contributed by atoms with Crippen LogP contribution in [0.25, 0.3) is 11.0 Å². The molecule has 0 spiro atoms. The summed E-state index contributed by atoms with van der Waals surface area (Å²) in [6.07, 6.45) is 0. The van der Waals surface area contributed by atoms with E-state index in [-0.39, 0.29) is 5.38 Å². The van der Waals surface area contributed by atoms with Crippen LogP contribution in [0.3, 0.4) is 0 Å². The lowest BCUT2D eigenvalue weighted by atomic mass is 10.3. The maximum Gasteiger partial charge on any atom is 0.127 e. The smallest absolute Gasteiger partial charge is 0.127 e. The summed E-state index contributed by atoms with van der Waals surface area (Å²) in [5.74, 6) is 0.883. The lowest BCUT2D eigenvalue weighted by Crippen LogP contribution is -2.27. The van der Waals surface area contributed by atoms with Crippen LogP contribution in [0.1, 0.15) is 18.1 Å². The molecule has 1 aromatic carbocycles. The predicted octanol–water partition coefficient (Wildman–Crippen LogP) is 3.57. The SMILES string of the molecule is COCCN(C)CCn1c(C(C)Cl)nc2cc(Cl)ccc21. The van der Waals surface area contributed by atoms with Gasteiger partial charge in [0.1, 0.15) is 5.82 Å². The van der Waals surface area contributed by atoms with E-state index in [0.717, 1.165) is 43.1 Å². The maximum atomic E-state index is 6.27. The number of alkyl halides is 1. The second-order valence-corrected chi connectivity index (χ2v) is 6.26. The van der Waals surface area contributed by atoms with Gasteiger partial charge in [-0.1, -0.05) is 11.6 Å². The number of halogens is 2. The summed E-state index contributed by atoms with van der Waals surface area (Å²) in [6.45, 7) is 5.32. The van der Waals surface area contributed by atoms with Crippen molar-refractivity contribution in [2.45, 2.75) is 18.8 Å². The van der Waals surface area contributed by atoms with Gasteiger partial charge < -0.3 is 14.2 Å². The highest BCUT2D eigenvalue weighted by Crippen LogP contribution is 2.26. The number of hydrogen-bond acceptors (Lipinski definition) is 3. The topological polar surface area (TPSA) is 30.3 Å². The molecule has 0 aliphatic rings. The van der Waals surface area contributed by atoms with Crippen molar-refractivity contribution in [3.8, 4) is 0 Å². The van der Waals surface area contributed by atoms with E-state index in [2.05, 4.69) is 21.5 Å². The number of rotatable bonds is 7. The molecule has 0 amide bonds. The Morgan fingerprint density at radius 1 is 1.38 bits per heavy atom. The zero-order valence-corrected chi connectivity index (χ0v) is 14.2. The summed E-state index contributed by atoms with van der Waals surface area (Å²) < 4.78 is 7.27. The van der Waals surface area contributed by atoms with Gasteiger partial charge in [0.15, 0.2) is 0 Å². The van der Waals surface area contributed by atoms with Gasteiger partial charge in [0.2, 0.25) is 0 Å². The number of likely N-dealkylation sites (N-methyl/N-ethyl adjacent to an activating group) is 1. The van der Waals surface area contributed by atoms with Crippen molar-refractivity contribution in [2.24, 2.45) is 0 Å². The molecule has 0 saturated heterocycles. The zero-order chi connectivity index (χ0) is 15.4. The van der Waals surface area contributed by atoms with Crippen molar-refractivity contribution < 1.29 is 4.74 Å². The molecule has 0 bridgehead atoms. The molecule has 1 unspecified atom stereocenters. The number of benzene rings is 1. The maximum absolute atomic E-state index is 6.27. The van der Waals surface area contributed by atoms with Crippen LogP contribution < -0.4 is 0 Å². The molecular formula is C15H21Cl2N3O. The van der Waals surface area contributed by atoms with Gasteiger partial charge in [-0.25, -0.2) is 4.98 Å². The lowest BCUT2D eigenvalue weighted by Gasteiger charge is -2.18. The van der Waals surface area contributed by atoms with Crippen LogP contribution in [0, 0.1) is 0 Å². The minimum absolute atomic E-state index is 0.138. The van der Waals surface area contributed by atoms with Crippen LogP contribution in [-0.2, 0) is 11.3 Å². The Kier molecular flexibility index (Phi) is 5.88. The molecule has 0 radical (unpaired) electrons. The number of imidazole rings is 1. The summed E-state index contributed by atoms with van der Waals surface area (Å²) in [5, 5.41) is 0.554. The summed E-state index contributed by atoms with van der Waals surface area (Å²) >= 11 is 12.3.